The fourth-order valence-corrected chi connectivity index (χ4v) is 2.83. The van der Waals surface area contributed by atoms with Crippen molar-refractivity contribution >= 4 is 0 Å². The molecule has 0 aromatic carbocycles. The molecule has 0 spiro atoms. The minimum atomic E-state index is 1.05. The van der Waals surface area contributed by atoms with E-state index in [0.29, 0.717) is 0 Å². The summed E-state index contributed by atoms with van der Waals surface area (Å²) in [4.78, 5) is 0. The minimum absolute atomic E-state index is 1.05. The van der Waals surface area contributed by atoms with Gasteiger partial charge in [-0.2, -0.15) is 0 Å². The summed E-state index contributed by atoms with van der Waals surface area (Å²) in [5.74, 6) is 3.16. The van der Waals surface area contributed by atoms with Gasteiger partial charge in [-0.1, -0.05) is 46.5 Å². The fourth-order valence-electron chi connectivity index (χ4n) is 2.83. The van der Waals surface area contributed by atoms with Crippen LogP contribution in [0, 0.1) is 17.8 Å². The fraction of sp³-hybridized carbons (Fsp3) is 1.00. The van der Waals surface area contributed by atoms with Crippen LogP contribution in [0.3, 0.4) is 0 Å². The molecule has 0 aromatic heterocycles. The van der Waals surface area contributed by atoms with Crippen molar-refractivity contribution in [3.8, 4) is 0 Å². The Kier molecular flexibility index (Phi) is 4.11. The summed E-state index contributed by atoms with van der Waals surface area (Å²) >= 11 is 0. The van der Waals surface area contributed by atoms with Crippen LogP contribution >= 0.6 is 0 Å². The number of hydrogen-bond donors (Lipinski definition) is 0. The average molecular weight is 168 g/mol. The Hall–Kier alpha value is 0. The minimum Gasteiger partial charge on any atom is -0.0651 e. The quantitative estimate of drug-likeness (QED) is 0.591. The molecule has 0 nitrogen and oxygen atoms in total. The van der Waals surface area contributed by atoms with Crippen LogP contribution < -0.4 is 0 Å². The van der Waals surface area contributed by atoms with Gasteiger partial charge < -0.3 is 0 Å². The van der Waals surface area contributed by atoms with Gasteiger partial charge in [-0.25, -0.2) is 0 Å². The highest BCUT2D eigenvalue weighted by molar-refractivity contribution is 4.78. The smallest absolute Gasteiger partial charge is 0.0386 e. The van der Waals surface area contributed by atoms with E-state index in [-0.39, 0.29) is 0 Å². The first-order chi connectivity index (χ1) is 5.81. The van der Waals surface area contributed by atoms with Gasteiger partial charge in [0, 0.05) is 0 Å². The Labute approximate surface area is 77.7 Å². The van der Waals surface area contributed by atoms with Crippen LogP contribution in [0.5, 0.6) is 0 Å². The van der Waals surface area contributed by atoms with Crippen molar-refractivity contribution in [3.05, 3.63) is 0 Å². The van der Waals surface area contributed by atoms with Crippen LogP contribution in [0.4, 0.5) is 0 Å². The van der Waals surface area contributed by atoms with Crippen molar-refractivity contribution in [2.24, 2.45) is 17.8 Å². The molecule has 0 radical (unpaired) electrons. The molecule has 0 unspecified atom stereocenters. The molecule has 0 heterocycles. The lowest BCUT2D eigenvalue weighted by atomic mass is 9.71. The van der Waals surface area contributed by atoms with Crippen LogP contribution in [0.15, 0.2) is 0 Å². The van der Waals surface area contributed by atoms with Crippen LogP contribution in [-0.2, 0) is 0 Å². The molecular formula is C12H24. The largest absolute Gasteiger partial charge is 0.0651 e. The summed E-state index contributed by atoms with van der Waals surface area (Å²) in [7, 11) is 0. The molecule has 1 aliphatic rings. The van der Waals surface area contributed by atoms with Crippen molar-refractivity contribution in [2.45, 2.75) is 59.3 Å². The lowest BCUT2D eigenvalue weighted by molar-refractivity contribution is 0.167. The zero-order chi connectivity index (χ0) is 8.97. The SMILES string of the molecule is CC[C@H]1CC[C@H](CC)[C@@H](CC)C1. The standard InChI is InChI=1S/C12H24/c1-4-10-7-8-11(5-2)12(6-3)9-10/h10-12H,4-9H2,1-3H3/t10-,11-,12-/m0/s1. The first-order valence-electron chi connectivity index (χ1n) is 5.81. The highest BCUT2D eigenvalue weighted by Crippen LogP contribution is 2.38. The molecule has 1 rings (SSSR count). The van der Waals surface area contributed by atoms with Crippen LogP contribution in [-0.4, -0.2) is 0 Å². The molecule has 1 aliphatic carbocycles. The zero-order valence-corrected chi connectivity index (χ0v) is 8.97. The van der Waals surface area contributed by atoms with Crippen molar-refractivity contribution in [1.82, 2.24) is 0 Å². The topological polar surface area (TPSA) is 0 Å². The van der Waals surface area contributed by atoms with Gasteiger partial charge in [0.2, 0.25) is 0 Å². The summed E-state index contributed by atoms with van der Waals surface area (Å²) in [6, 6.07) is 0. The van der Waals surface area contributed by atoms with E-state index in [1.807, 2.05) is 0 Å². The predicted molar refractivity (Wildman–Crippen MR) is 55.2 cm³/mol. The average Bonchev–Trinajstić information content (AvgIpc) is 2.16. The predicted octanol–water partition coefficient (Wildman–Crippen LogP) is 4.25. The molecule has 0 aliphatic heterocycles. The van der Waals surface area contributed by atoms with E-state index in [2.05, 4.69) is 20.8 Å². The second-order valence-electron chi connectivity index (χ2n) is 4.42. The highest BCUT2D eigenvalue weighted by atomic mass is 14.3. The van der Waals surface area contributed by atoms with E-state index in [9.17, 15) is 0 Å². The third-order valence-electron chi connectivity index (χ3n) is 3.87. The first kappa shape index (κ1) is 10.1. The second kappa shape index (κ2) is 4.89. The Morgan fingerprint density at radius 1 is 0.833 bits per heavy atom. The van der Waals surface area contributed by atoms with Crippen LogP contribution in [0.2, 0.25) is 0 Å². The van der Waals surface area contributed by atoms with E-state index in [1.165, 1.54) is 38.5 Å². The maximum atomic E-state index is 2.37. The van der Waals surface area contributed by atoms with Gasteiger partial charge >= 0.3 is 0 Å². The van der Waals surface area contributed by atoms with Crippen LogP contribution in [0.25, 0.3) is 0 Å². The van der Waals surface area contributed by atoms with E-state index < -0.39 is 0 Å². The van der Waals surface area contributed by atoms with E-state index in [0.717, 1.165) is 17.8 Å². The maximum absolute atomic E-state index is 2.37. The Balaban J connectivity index is 2.41. The molecule has 0 aromatic rings. The highest BCUT2D eigenvalue weighted by Gasteiger charge is 2.26. The molecule has 72 valence electrons. The molecule has 1 saturated carbocycles. The third-order valence-corrected chi connectivity index (χ3v) is 3.87. The summed E-state index contributed by atoms with van der Waals surface area (Å²) in [5.41, 5.74) is 0. The zero-order valence-electron chi connectivity index (χ0n) is 8.97. The normalized spacial score (nSPS) is 36.8. The molecule has 0 N–H and O–H groups in total. The molecular weight excluding hydrogens is 144 g/mol. The van der Waals surface area contributed by atoms with Gasteiger partial charge in [0.1, 0.15) is 0 Å². The van der Waals surface area contributed by atoms with Crippen molar-refractivity contribution in [3.63, 3.8) is 0 Å². The van der Waals surface area contributed by atoms with E-state index in [4.69, 9.17) is 0 Å². The van der Waals surface area contributed by atoms with Gasteiger partial charge in [0.15, 0.2) is 0 Å². The lowest BCUT2D eigenvalue weighted by Crippen LogP contribution is -2.23. The first-order valence-corrected chi connectivity index (χ1v) is 5.81. The monoisotopic (exact) mass is 168 g/mol. The lowest BCUT2D eigenvalue weighted by Gasteiger charge is -2.35. The molecule has 0 saturated heterocycles. The summed E-state index contributed by atoms with van der Waals surface area (Å²) in [5, 5.41) is 0. The Morgan fingerprint density at radius 3 is 2.00 bits per heavy atom. The Morgan fingerprint density at radius 2 is 1.50 bits per heavy atom. The maximum Gasteiger partial charge on any atom is -0.0386 e. The van der Waals surface area contributed by atoms with Crippen LogP contribution in [0.1, 0.15) is 59.3 Å². The van der Waals surface area contributed by atoms with Gasteiger partial charge in [0.25, 0.3) is 0 Å². The Bertz CT molecular complexity index is 117. The number of hydrogen-bond acceptors (Lipinski definition) is 0. The van der Waals surface area contributed by atoms with Gasteiger partial charge in [-0.15, -0.1) is 0 Å². The van der Waals surface area contributed by atoms with Crippen molar-refractivity contribution in [1.29, 1.82) is 0 Å². The van der Waals surface area contributed by atoms with Gasteiger partial charge in [-0.05, 0) is 30.6 Å². The molecule has 0 bridgehead atoms. The van der Waals surface area contributed by atoms with Crippen molar-refractivity contribution < 1.29 is 0 Å². The number of rotatable bonds is 3. The summed E-state index contributed by atoms with van der Waals surface area (Å²) < 4.78 is 0. The molecule has 12 heavy (non-hydrogen) atoms. The van der Waals surface area contributed by atoms with E-state index in [1.54, 1.807) is 0 Å². The summed E-state index contributed by atoms with van der Waals surface area (Å²) in [6.45, 7) is 7.08. The molecule has 3 atom stereocenters. The second-order valence-corrected chi connectivity index (χ2v) is 4.42. The molecule has 0 heteroatoms. The van der Waals surface area contributed by atoms with E-state index >= 15 is 0 Å². The van der Waals surface area contributed by atoms with Crippen molar-refractivity contribution in [2.75, 3.05) is 0 Å². The van der Waals surface area contributed by atoms with Gasteiger partial charge in [-0.3, -0.25) is 0 Å². The summed E-state index contributed by atoms with van der Waals surface area (Å²) in [6.07, 6.45) is 8.77. The molecule has 1 fully saturated rings. The van der Waals surface area contributed by atoms with Gasteiger partial charge in [0.05, 0.1) is 0 Å². The third kappa shape index (κ3) is 2.24. The molecule has 0 amide bonds.